The second-order valence-corrected chi connectivity index (χ2v) is 8.97. The predicted octanol–water partition coefficient (Wildman–Crippen LogP) is 4.85. The number of carbonyl (C=O) groups is 3. The Labute approximate surface area is 209 Å². The van der Waals surface area contributed by atoms with Gasteiger partial charge in [0.05, 0.1) is 37.7 Å². The lowest BCUT2D eigenvalue weighted by molar-refractivity contribution is 0.0499. The maximum Gasteiger partial charge on any atom is 0.411 e. The Morgan fingerprint density at radius 3 is 2.36 bits per heavy atom. The number of ether oxygens (including phenoxy) is 3. The van der Waals surface area contributed by atoms with Crippen molar-refractivity contribution in [2.75, 3.05) is 19.5 Å². The first-order chi connectivity index (χ1) is 17.1. The van der Waals surface area contributed by atoms with Gasteiger partial charge in [0, 0.05) is 12.1 Å². The second-order valence-electron chi connectivity index (χ2n) is 8.97. The molecule has 0 aliphatic rings. The van der Waals surface area contributed by atoms with Gasteiger partial charge in [-0.25, -0.2) is 19.4 Å². The normalized spacial score (nSPS) is 11.8. The summed E-state index contributed by atoms with van der Waals surface area (Å²) in [5, 5.41) is 5.47. The molecule has 0 aliphatic carbocycles. The Hall–Kier alpha value is -4.34. The minimum absolute atomic E-state index is 0.346. The Morgan fingerprint density at radius 1 is 1.00 bits per heavy atom. The quantitative estimate of drug-likeness (QED) is 0.316. The number of aromatic amines is 1. The number of imidazole rings is 1. The predicted molar refractivity (Wildman–Crippen MR) is 134 cm³/mol. The van der Waals surface area contributed by atoms with E-state index in [0.29, 0.717) is 29.2 Å². The van der Waals surface area contributed by atoms with Crippen molar-refractivity contribution in [3.8, 4) is 11.3 Å². The number of nitrogens with one attached hydrogen (secondary N) is 3. The van der Waals surface area contributed by atoms with Gasteiger partial charge in [-0.3, -0.25) is 5.32 Å². The molecular formula is C26H30N4O6. The van der Waals surface area contributed by atoms with Crippen molar-refractivity contribution in [2.24, 2.45) is 0 Å². The molecule has 1 aromatic heterocycles. The number of anilines is 1. The summed E-state index contributed by atoms with van der Waals surface area (Å²) in [7, 11) is 2.62. The van der Waals surface area contributed by atoms with Crippen molar-refractivity contribution in [3.05, 3.63) is 71.7 Å². The molecule has 10 nitrogen and oxygen atoms in total. The number of hydrogen-bond acceptors (Lipinski definition) is 7. The summed E-state index contributed by atoms with van der Waals surface area (Å²) in [6, 6.07) is 13.5. The Morgan fingerprint density at radius 2 is 1.72 bits per heavy atom. The smallest absolute Gasteiger partial charge is 0.411 e. The van der Waals surface area contributed by atoms with E-state index in [9.17, 15) is 14.4 Å². The first-order valence-electron chi connectivity index (χ1n) is 11.2. The number of H-pyrrole nitrogens is 1. The summed E-state index contributed by atoms with van der Waals surface area (Å²) >= 11 is 0. The largest absolute Gasteiger partial charge is 0.465 e. The zero-order chi connectivity index (χ0) is 26.3. The number of methoxy groups -OCH3 is 2. The van der Waals surface area contributed by atoms with Gasteiger partial charge in [0.1, 0.15) is 11.4 Å². The van der Waals surface area contributed by atoms with Crippen molar-refractivity contribution in [1.82, 2.24) is 15.3 Å². The number of carbonyl (C=O) groups excluding carboxylic acids is 3. The van der Waals surface area contributed by atoms with Crippen molar-refractivity contribution < 1.29 is 28.6 Å². The van der Waals surface area contributed by atoms with Crippen molar-refractivity contribution in [2.45, 2.75) is 38.8 Å². The van der Waals surface area contributed by atoms with Crippen LogP contribution in [0.5, 0.6) is 0 Å². The highest BCUT2D eigenvalue weighted by molar-refractivity contribution is 5.89. The molecule has 1 atom stereocenters. The average Bonchev–Trinajstić information content (AvgIpc) is 3.33. The lowest BCUT2D eigenvalue weighted by Crippen LogP contribution is -2.36. The highest BCUT2D eigenvalue weighted by Gasteiger charge is 2.23. The summed E-state index contributed by atoms with van der Waals surface area (Å²) in [4.78, 5) is 43.7. The lowest BCUT2D eigenvalue weighted by Gasteiger charge is -2.23. The van der Waals surface area contributed by atoms with Crippen LogP contribution in [0, 0.1) is 0 Å². The van der Waals surface area contributed by atoms with Crippen LogP contribution in [0.4, 0.5) is 15.3 Å². The van der Waals surface area contributed by atoms with Crippen LogP contribution in [0.15, 0.2) is 54.7 Å². The fourth-order valence-electron chi connectivity index (χ4n) is 3.41. The van der Waals surface area contributed by atoms with E-state index in [2.05, 4.69) is 25.3 Å². The molecule has 1 heterocycles. The molecule has 0 spiro atoms. The van der Waals surface area contributed by atoms with Crippen LogP contribution < -0.4 is 10.6 Å². The van der Waals surface area contributed by atoms with E-state index in [1.807, 2.05) is 18.2 Å². The van der Waals surface area contributed by atoms with Crippen LogP contribution in [-0.2, 0) is 20.6 Å². The van der Waals surface area contributed by atoms with E-state index < -0.39 is 29.8 Å². The highest BCUT2D eigenvalue weighted by atomic mass is 16.6. The zero-order valence-corrected chi connectivity index (χ0v) is 20.9. The van der Waals surface area contributed by atoms with E-state index in [0.717, 1.165) is 11.1 Å². The fourth-order valence-corrected chi connectivity index (χ4v) is 3.41. The molecule has 36 heavy (non-hydrogen) atoms. The number of aromatic nitrogens is 2. The van der Waals surface area contributed by atoms with Gasteiger partial charge in [-0.15, -0.1) is 0 Å². The van der Waals surface area contributed by atoms with Crippen LogP contribution in [0.1, 0.15) is 48.6 Å². The second kappa shape index (κ2) is 11.4. The molecule has 190 valence electrons. The molecule has 3 aromatic rings. The molecule has 3 N–H and O–H groups in total. The highest BCUT2D eigenvalue weighted by Crippen LogP contribution is 2.24. The van der Waals surface area contributed by atoms with Crippen LogP contribution in [0.2, 0.25) is 0 Å². The van der Waals surface area contributed by atoms with E-state index in [4.69, 9.17) is 9.47 Å². The van der Waals surface area contributed by atoms with E-state index in [1.54, 1.807) is 57.3 Å². The van der Waals surface area contributed by atoms with Gasteiger partial charge in [-0.05, 0) is 56.2 Å². The Bertz CT molecular complexity index is 1210. The number of hydrogen-bond donors (Lipinski definition) is 3. The van der Waals surface area contributed by atoms with Crippen LogP contribution >= 0.6 is 0 Å². The molecule has 1 unspecified atom stereocenters. The third-order valence-electron chi connectivity index (χ3n) is 5.03. The first kappa shape index (κ1) is 26.3. The molecule has 0 bridgehead atoms. The average molecular weight is 495 g/mol. The molecule has 2 amide bonds. The molecular weight excluding hydrogens is 464 g/mol. The molecule has 0 saturated heterocycles. The summed E-state index contributed by atoms with van der Waals surface area (Å²) in [5.41, 5.74) is 2.66. The van der Waals surface area contributed by atoms with Crippen LogP contribution in [0.25, 0.3) is 11.3 Å². The SMILES string of the molecule is COC(=O)Nc1ccc(-c2cnc(C(Cc3cccc(C(=O)OC)c3)NC(=O)OC(C)(C)C)[nH]2)cc1. The molecule has 0 radical (unpaired) electrons. The lowest BCUT2D eigenvalue weighted by atomic mass is 10.0. The third kappa shape index (κ3) is 7.33. The number of amides is 2. The number of alkyl carbamates (subject to hydrolysis) is 1. The van der Waals surface area contributed by atoms with Gasteiger partial charge in [0.25, 0.3) is 0 Å². The maximum absolute atomic E-state index is 12.6. The molecule has 0 fully saturated rings. The Balaban J connectivity index is 1.85. The van der Waals surface area contributed by atoms with Gasteiger partial charge in [-0.2, -0.15) is 0 Å². The van der Waals surface area contributed by atoms with Gasteiger partial charge in [0.15, 0.2) is 0 Å². The minimum atomic E-state index is -0.673. The standard InChI is InChI=1S/C26H30N4O6/c1-26(2,3)36-25(33)30-20(14-16-7-6-8-18(13-16)23(31)34-4)22-27-15-21(29-22)17-9-11-19(12-10-17)28-24(32)35-5/h6-13,15,20H,14H2,1-5H3,(H,27,29)(H,28,32)(H,30,33). The summed E-state index contributed by atoms with van der Waals surface area (Å²) < 4.78 is 14.9. The molecule has 10 heteroatoms. The zero-order valence-electron chi connectivity index (χ0n) is 20.9. The topological polar surface area (TPSA) is 132 Å². The number of benzene rings is 2. The number of nitrogens with zero attached hydrogens (tertiary/aromatic N) is 1. The maximum atomic E-state index is 12.6. The van der Waals surface area contributed by atoms with Crippen molar-refractivity contribution >= 4 is 23.8 Å². The van der Waals surface area contributed by atoms with Crippen LogP contribution in [0.3, 0.4) is 0 Å². The van der Waals surface area contributed by atoms with Gasteiger partial charge < -0.3 is 24.5 Å². The number of rotatable bonds is 7. The number of esters is 1. The molecule has 0 saturated carbocycles. The summed E-state index contributed by atoms with van der Waals surface area (Å²) in [6.07, 6.45) is 0.859. The fraction of sp³-hybridized carbons (Fsp3) is 0.308. The van der Waals surface area contributed by atoms with E-state index >= 15 is 0 Å². The molecule has 3 rings (SSSR count). The molecule has 0 aliphatic heterocycles. The third-order valence-corrected chi connectivity index (χ3v) is 5.03. The van der Waals surface area contributed by atoms with Gasteiger partial charge in [0.2, 0.25) is 0 Å². The minimum Gasteiger partial charge on any atom is -0.465 e. The Kier molecular flexibility index (Phi) is 8.31. The summed E-state index contributed by atoms with van der Waals surface area (Å²) in [5.74, 6) is 0.0648. The first-order valence-corrected chi connectivity index (χ1v) is 11.2. The monoisotopic (exact) mass is 494 g/mol. The molecule has 2 aromatic carbocycles. The van der Waals surface area contributed by atoms with Gasteiger partial charge in [-0.1, -0.05) is 24.3 Å². The summed E-state index contributed by atoms with van der Waals surface area (Å²) in [6.45, 7) is 5.35. The van der Waals surface area contributed by atoms with E-state index in [-0.39, 0.29) is 0 Å². The van der Waals surface area contributed by atoms with Crippen molar-refractivity contribution in [3.63, 3.8) is 0 Å². The van der Waals surface area contributed by atoms with Crippen molar-refractivity contribution in [1.29, 1.82) is 0 Å². The van der Waals surface area contributed by atoms with Gasteiger partial charge >= 0.3 is 18.2 Å². The van der Waals surface area contributed by atoms with Crippen LogP contribution in [-0.4, -0.2) is 47.9 Å². The van der Waals surface area contributed by atoms with E-state index in [1.165, 1.54) is 14.2 Å².